The lowest BCUT2D eigenvalue weighted by atomic mass is 9.91. The molecular weight excluding hydrogens is 755 g/mol. The summed E-state index contributed by atoms with van der Waals surface area (Å²) < 4.78 is 2.37. The van der Waals surface area contributed by atoms with Gasteiger partial charge >= 0.3 is 0 Å². The molecule has 3 heterocycles. The second-order valence-electron chi connectivity index (χ2n) is 15.7. The van der Waals surface area contributed by atoms with Gasteiger partial charge < -0.3 is 9.47 Å². The van der Waals surface area contributed by atoms with Crippen LogP contribution in [-0.2, 0) is 0 Å². The van der Waals surface area contributed by atoms with Crippen LogP contribution in [0.4, 0.5) is 11.4 Å². The average molecular weight is 792 g/mol. The Morgan fingerprint density at radius 1 is 0.419 bits per heavy atom. The van der Waals surface area contributed by atoms with E-state index in [0.717, 1.165) is 88.6 Å². The molecule has 12 rings (SSSR count). The second kappa shape index (κ2) is 14.4. The monoisotopic (exact) mass is 791 g/mol. The molecule has 0 amide bonds. The Labute approximate surface area is 358 Å². The number of hydrogen-bond acceptors (Lipinski definition) is 4. The van der Waals surface area contributed by atoms with E-state index in [1.54, 1.807) is 0 Å². The van der Waals surface area contributed by atoms with Crippen LogP contribution >= 0.6 is 0 Å². The zero-order chi connectivity index (χ0) is 41.1. The molecule has 0 saturated carbocycles. The fraction of sp³-hybridized carbons (Fsp3) is 0. The lowest BCUT2D eigenvalue weighted by Crippen LogP contribution is -2.14. The minimum Gasteiger partial charge on any atom is -0.316 e. The van der Waals surface area contributed by atoms with Crippen molar-refractivity contribution in [1.82, 2.24) is 19.5 Å². The van der Waals surface area contributed by atoms with Gasteiger partial charge in [0, 0.05) is 56.1 Å². The minimum atomic E-state index is 0.617. The molecule has 0 aliphatic carbocycles. The topological polar surface area (TPSA) is 46.8 Å². The molecule has 1 aliphatic heterocycles. The van der Waals surface area contributed by atoms with Gasteiger partial charge in [-0.05, 0) is 75.5 Å². The number of anilines is 2. The molecule has 62 heavy (non-hydrogen) atoms. The predicted octanol–water partition coefficient (Wildman–Crippen LogP) is 14.5. The van der Waals surface area contributed by atoms with Crippen molar-refractivity contribution in [3.05, 3.63) is 230 Å². The van der Waals surface area contributed by atoms with Gasteiger partial charge in [-0.1, -0.05) is 164 Å². The molecule has 0 fully saturated rings. The Morgan fingerprint density at radius 3 is 1.82 bits per heavy atom. The van der Waals surface area contributed by atoms with Crippen molar-refractivity contribution in [2.45, 2.75) is 0 Å². The van der Waals surface area contributed by atoms with E-state index in [1.807, 2.05) is 18.2 Å². The van der Waals surface area contributed by atoms with Gasteiger partial charge in [0.2, 0.25) is 0 Å². The minimum absolute atomic E-state index is 0.617. The molecule has 290 valence electrons. The van der Waals surface area contributed by atoms with E-state index < -0.39 is 0 Å². The molecule has 0 spiro atoms. The Hall–Kier alpha value is -8.41. The number of para-hydroxylation sites is 2. The lowest BCUT2D eigenvalue weighted by Gasteiger charge is -2.29. The standard InChI is InChI=1S/C57H37N5/c1-37-53-44-23-11-10-17-39(44)30-32-52(53)61(35-34-48-47-26-14-15-27-51(47)62(54(37)48)43-21-6-3-7-22-43)50-33-31-49(45-24-12-13-25-46(45)50)57-59-55(40-18-4-2-5-19-40)58-56(60-57)42-29-28-38-16-8-9-20-41(38)36-42/h2-36H,1H2/b35-34-. The molecular formula is C57H37N5. The summed E-state index contributed by atoms with van der Waals surface area (Å²) in [6.45, 7) is 4.95. The number of benzene rings is 9. The zero-order valence-corrected chi connectivity index (χ0v) is 33.7. The maximum absolute atomic E-state index is 5.22. The summed E-state index contributed by atoms with van der Waals surface area (Å²) in [6.07, 6.45) is 4.49. The summed E-state index contributed by atoms with van der Waals surface area (Å²) in [5, 5.41) is 7.89. The molecule has 1 aliphatic rings. The van der Waals surface area contributed by atoms with E-state index in [2.05, 4.69) is 204 Å². The summed E-state index contributed by atoms with van der Waals surface area (Å²) >= 11 is 0. The summed E-state index contributed by atoms with van der Waals surface area (Å²) in [4.78, 5) is 17.8. The number of rotatable bonds is 5. The van der Waals surface area contributed by atoms with Crippen molar-refractivity contribution in [1.29, 1.82) is 0 Å². The zero-order valence-electron chi connectivity index (χ0n) is 33.7. The molecule has 0 bridgehead atoms. The normalized spacial score (nSPS) is 13.0. The Morgan fingerprint density at radius 2 is 1.02 bits per heavy atom. The van der Waals surface area contributed by atoms with Crippen LogP contribution in [-0.4, -0.2) is 19.5 Å². The highest BCUT2D eigenvalue weighted by Gasteiger charge is 2.27. The van der Waals surface area contributed by atoms with Crippen LogP contribution in [0.5, 0.6) is 0 Å². The van der Waals surface area contributed by atoms with Gasteiger partial charge in [-0.15, -0.1) is 0 Å². The number of aromatic nitrogens is 4. The molecule has 0 atom stereocenters. The fourth-order valence-electron chi connectivity index (χ4n) is 9.27. The summed E-state index contributed by atoms with van der Waals surface area (Å²) in [5.41, 5.74) is 11.4. The highest BCUT2D eigenvalue weighted by molar-refractivity contribution is 6.11. The molecule has 0 saturated heterocycles. The van der Waals surface area contributed by atoms with Gasteiger partial charge in [-0.25, -0.2) is 15.0 Å². The van der Waals surface area contributed by atoms with Crippen LogP contribution in [0.2, 0.25) is 0 Å². The van der Waals surface area contributed by atoms with E-state index in [4.69, 9.17) is 21.5 Å². The quantitative estimate of drug-likeness (QED) is 0.174. The molecule has 2 aromatic heterocycles. The predicted molar refractivity (Wildman–Crippen MR) is 258 cm³/mol. The highest BCUT2D eigenvalue weighted by Crippen LogP contribution is 2.47. The van der Waals surface area contributed by atoms with E-state index in [9.17, 15) is 0 Å². The fourth-order valence-corrected chi connectivity index (χ4v) is 9.27. The van der Waals surface area contributed by atoms with Gasteiger partial charge in [-0.2, -0.15) is 0 Å². The third kappa shape index (κ3) is 5.75. The third-order valence-electron chi connectivity index (χ3n) is 12.1. The first-order valence-corrected chi connectivity index (χ1v) is 20.9. The maximum Gasteiger partial charge on any atom is 0.164 e. The van der Waals surface area contributed by atoms with E-state index in [0.29, 0.717) is 17.5 Å². The van der Waals surface area contributed by atoms with Crippen molar-refractivity contribution >= 4 is 66.2 Å². The van der Waals surface area contributed by atoms with E-state index >= 15 is 0 Å². The van der Waals surface area contributed by atoms with Crippen LogP contribution in [0.25, 0.3) is 94.7 Å². The number of hydrogen-bond donors (Lipinski definition) is 0. The first kappa shape index (κ1) is 35.5. The Bertz CT molecular complexity index is 3600. The molecule has 11 aromatic rings. The lowest BCUT2D eigenvalue weighted by molar-refractivity contribution is 1.08. The van der Waals surface area contributed by atoms with Gasteiger partial charge in [0.05, 0.1) is 22.6 Å². The van der Waals surface area contributed by atoms with Crippen molar-refractivity contribution < 1.29 is 0 Å². The average Bonchev–Trinajstić information content (AvgIpc) is 3.67. The Balaban J connectivity index is 1.09. The van der Waals surface area contributed by atoms with Crippen LogP contribution in [0, 0.1) is 0 Å². The van der Waals surface area contributed by atoms with Crippen LogP contribution < -0.4 is 4.90 Å². The molecule has 0 radical (unpaired) electrons. The van der Waals surface area contributed by atoms with Gasteiger partial charge in [0.15, 0.2) is 17.5 Å². The first-order valence-electron chi connectivity index (χ1n) is 20.9. The van der Waals surface area contributed by atoms with Gasteiger partial charge in [-0.3, -0.25) is 0 Å². The van der Waals surface area contributed by atoms with Crippen molar-refractivity contribution in [2.24, 2.45) is 0 Å². The van der Waals surface area contributed by atoms with Gasteiger partial charge in [0.25, 0.3) is 0 Å². The maximum atomic E-state index is 5.22. The smallest absolute Gasteiger partial charge is 0.164 e. The van der Waals surface area contributed by atoms with Crippen molar-refractivity contribution in [3.8, 4) is 39.9 Å². The third-order valence-corrected chi connectivity index (χ3v) is 12.1. The molecule has 9 aromatic carbocycles. The number of nitrogens with zero attached hydrogens (tertiary/aromatic N) is 5. The van der Waals surface area contributed by atoms with E-state index in [-0.39, 0.29) is 0 Å². The molecule has 5 heteroatoms. The first-order chi connectivity index (χ1) is 30.7. The van der Waals surface area contributed by atoms with Crippen LogP contribution in [0.3, 0.4) is 0 Å². The van der Waals surface area contributed by atoms with E-state index in [1.165, 1.54) is 10.8 Å². The SMILES string of the molecule is C=C1c2c(ccc3ccccc23)N(c2ccc(-c3nc(-c4ccccc4)nc(-c4ccc5ccccc5c4)n3)c3ccccc23)/C=C\c2c1n(-c1ccccc1)c1ccccc21. The Kier molecular flexibility index (Phi) is 8.25. The summed E-state index contributed by atoms with van der Waals surface area (Å²) in [6, 6.07) is 70.3. The van der Waals surface area contributed by atoms with Crippen molar-refractivity contribution in [3.63, 3.8) is 0 Å². The largest absolute Gasteiger partial charge is 0.316 e. The van der Waals surface area contributed by atoms with Crippen LogP contribution in [0.15, 0.2) is 213 Å². The number of fused-ring (bicyclic) bond motifs is 8. The second-order valence-corrected chi connectivity index (χ2v) is 15.7. The van der Waals surface area contributed by atoms with Crippen molar-refractivity contribution in [2.75, 3.05) is 4.90 Å². The summed E-state index contributed by atoms with van der Waals surface area (Å²) in [5.74, 6) is 1.87. The molecule has 0 unspecified atom stereocenters. The van der Waals surface area contributed by atoms with Crippen LogP contribution in [0.1, 0.15) is 16.8 Å². The summed E-state index contributed by atoms with van der Waals surface area (Å²) in [7, 11) is 0. The highest BCUT2D eigenvalue weighted by atomic mass is 15.1. The molecule has 5 nitrogen and oxygen atoms in total. The van der Waals surface area contributed by atoms with Gasteiger partial charge in [0.1, 0.15) is 0 Å². The molecule has 0 N–H and O–H groups in total.